The maximum atomic E-state index is 12.9. The van der Waals surface area contributed by atoms with Gasteiger partial charge in [-0.25, -0.2) is 0 Å². The second-order valence-electron chi connectivity index (χ2n) is 22.0. The number of hydrogen-bond acceptors (Lipinski definition) is 6. The average Bonchev–Trinajstić information content (AvgIpc) is 3.43. The fourth-order valence-corrected chi connectivity index (χ4v) is 9.44. The van der Waals surface area contributed by atoms with Crippen LogP contribution < -0.4 is 0 Å². The normalized spacial score (nSPS) is 12.6. The number of esters is 3. The van der Waals surface area contributed by atoms with Gasteiger partial charge in [-0.2, -0.15) is 0 Å². The quantitative estimate of drug-likeness (QED) is 0.0261. The van der Waals surface area contributed by atoms with Gasteiger partial charge < -0.3 is 14.2 Å². The molecule has 0 spiro atoms. The number of unbranched alkanes of at least 4 members (excludes halogenated alkanes) is 35. The lowest BCUT2D eigenvalue weighted by atomic mass is 10.0. The molecule has 0 amide bonds. The number of rotatable bonds is 60. The Bertz CT molecular complexity index is 1470. The highest BCUT2D eigenvalue weighted by Crippen LogP contribution is 2.17. The summed E-state index contributed by atoms with van der Waals surface area (Å²) in [4.78, 5) is 38.2. The van der Waals surface area contributed by atoms with Gasteiger partial charge in [-0.1, -0.05) is 298 Å². The number of ether oxygens (including phenoxy) is 3. The minimum absolute atomic E-state index is 0.0747. The van der Waals surface area contributed by atoms with Crippen LogP contribution in [0.3, 0.4) is 0 Å². The van der Waals surface area contributed by atoms with Crippen molar-refractivity contribution in [1.29, 1.82) is 0 Å². The summed E-state index contributed by atoms with van der Waals surface area (Å²) >= 11 is 0. The van der Waals surface area contributed by atoms with Crippen LogP contribution in [0.2, 0.25) is 0 Å². The summed E-state index contributed by atoms with van der Waals surface area (Å²) < 4.78 is 16.9. The third kappa shape index (κ3) is 63.3. The Hall–Kier alpha value is -3.41. The Morgan fingerprint density at radius 2 is 0.506 bits per heavy atom. The summed E-state index contributed by atoms with van der Waals surface area (Å²) in [5.41, 5.74) is 0. The highest BCUT2D eigenvalue weighted by Gasteiger charge is 2.19. The zero-order chi connectivity index (χ0) is 55.7. The molecule has 0 aliphatic rings. The summed E-state index contributed by atoms with van der Waals surface area (Å²) in [7, 11) is 0. The van der Waals surface area contributed by atoms with E-state index in [9.17, 15) is 14.4 Å². The standard InChI is InChI=1S/C71H124O6/c1-4-7-10-13-16-19-22-25-27-28-29-30-31-32-33-34-35-36-37-38-39-40-41-42-43-44-45-47-49-52-55-58-61-64-70(73)76-67-68(66-75-69(72)63-60-57-54-51-48-24-21-18-15-12-9-6-3)77-71(74)65-62-59-56-53-50-46-26-23-20-17-14-11-8-5-2/h7,10,16,18-19,21,25,27,29-30,32-33,35-36,68H,4-6,8-9,11-15,17,20,22-24,26,28,31,34,37-67H2,1-3H3/b10-7-,19-16-,21-18-,27-25-,30-29-,33-32-,36-35-. The molecule has 0 aromatic rings. The Kier molecular flexibility index (Phi) is 62.2. The number of carbonyl (C=O) groups excluding carboxylic acids is 3. The minimum atomic E-state index is -0.776. The summed E-state index contributed by atoms with van der Waals surface area (Å²) in [6.07, 6.45) is 86.0. The van der Waals surface area contributed by atoms with Crippen molar-refractivity contribution in [2.24, 2.45) is 0 Å². The van der Waals surface area contributed by atoms with Crippen molar-refractivity contribution in [3.63, 3.8) is 0 Å². The first kappa shape index (κ1) is 73.6. The molecule has 0 radical (unpaired) electrons. The molecule has 0 N–H and O–H groups in total. The third-order valence-electron chi connectivity index (χ3n) is 14.4. The van der Waals surface area contributed by atoms with Gasteiger partial charge in [-0.05, 0) is 96.3 Å². The zero-order valence-corrected chi connectivity index (χ0v) is 51.0. The average molecular weight is 1070 g/mol. The van der Waals surface area contributed by atoms with E-state index >= 15 is 0 Å². The summed E-state index contributed by atoms with van der Waals surface area (Å²) in [6, 6.07) is 0. The highest BCUT2D eigenvalue weighted by molar-refractivity contribution is 5.71. The lowest BCUT2D eigenvalue weighted by Crippen LogP contribution is -2.30. The maximum absolute atomic E-state index is 12.9. The Morgan fingerprint density at radius 3 is 0.831 bits per heavy atom. The highest BCUT2D eigenvalue weighted by atomic mass is 16.6. The Balaban J connectivity index is 4.14. The van der Waals surface area contributed by atoms with E-state index in [1.807, 2.05) is 0 Å². The van der Waals surface area contributed by atoms with Crippen molar-refractivity contribution in [2.75, 3.05) is 13.2 Å². The number of carbonyl (C=O) groups is 3. The van der Waals surface area contributed by atoms with Crippen LogP contribution in [0, 0.1) is 0 Å². The molecule has 1 unspecified atom stereocenters. The van der Waals surface area contributed by atoms with E-state index in [2.05, 4.69) is 106 Å². The number of allylic oxidation sites excluding steroid dienone is 14. The van der Waals surface area contributed by atoms with E-state index < -0.39 is 6.10 Å². The molecule has 0 rings (SSSR count). The maximum Gasteiger partial charge on any atom is 0.306 e. The van der Waals surface area contributed by atoms with Crippen molar-refractivity contribution in [3.05, 3.63) is 85.1 Å². The van der Waals surface area contributed by atoms with E-state index in [0.29, 0.717) is 19.3 Å². The van der Waals surface area contributed by atoms with Crippen molar-refractivity contribution in [1.82, 2.24) is 0 Å². The Labute approximate surface area is 477 Å². The second-order valence-corrected chi connectivity index (χ2v) is 22.0. The van der Waals surface area contributed by atoms with E-state index in [4.69, 9.17) is 14.2 Å². The summed E-state index contributed by atoms with van der Waals surface area (Å²) in [5.74, 6) is -0.869. The summed E-state index contributed by atoms with van der Waals surface area (Å²) in [6.45, 7) is 6.53. The van der Waals surface area contributed by atoms with Gasteiger partial charge in [0, 0.05) is 19.3 Å². The lowest BCUT2D eigenvalue weighted by molar-refractivity contribution is -0.167. The van der Waals surface area contributed by atoms with Crippen LogP contribution in [0.5, 0.6) is 0 Å². The SMILES string of the molecule is CC/C=C\C/C=C\C/C=C\C/C=C\C/C=C\C/C=C\CCCCCCCCCCCCCCCCC(=O)OCC(COC(=O)CCCCCCC/C=C\CCCCC)OC(=O)CCCCCCCCCCCCCCCC. The van der Waals surface area contributed by atoms with Crippen LogP contribution >= 0.6 is 0 Å². The molecule has 0 fully saturated rings. The Morgan fingerprint density at radius 1 is 0.273 bits per heavy atom. The van der Waals surface area contributed by atoms with Crippen molar-refractivity contribution in [3.8, 4) is 0 Å². The van der Waals surface area contributed by atoms with Crippen LogP contribution in [-0.2, 0) is 28.6 Å². The smallest absolute Gasteiger partial charge is 0.306 e. The topological polar surface area (TPSA) is 78.9 Å². The van der Waals surface area contributed by atoms with Crippen LogP contribution in [0.4, 0.5) is 0 Å². The number of hydrogen-bond donors (Lipinski definition) is 0. The largest absolute Gasteiger partial charge is 0.462 e. The molecule has 77 heavy (non-hydrogen) atoms. The first-order valence-corrected chi connectivity index (χ1v) is 33.1. The van der Waals surface area contributed by atoms with Gasteiger partial charge in [-0.3, -0.25) is 14.4 Å². The van der Waals surface area contributed by atoms with Gasteiger partial charge in [0.2, 0.25) is 0 Å². The first-order valence-electron chi connectivity index (χ1n) is 33.1. The molecule has 0 aromatic heterocycles. The molecule has 6 nitrogen and oxygen atoms in total. The molecular formula is C71H124O6. The van der Waals surface area contributed by atoms with E-state index in [-0.39, 0.29) is 31.1 Å². The molecule has 1 atom stereocenters. The lowest BCUT2D eigenvalue weighted by Gasteiger charge is -2.18. The molecule has 0 bridgehead atoms. The molecule has 0 saturated heterocycles. The fourth-order valence-electron chi connectivity index (χ4n) is 9.44. The molecule has 0 saturated carbocycles. The molecular weight excluding hydrogens is 949 g/mol. The summed E-state index contributed by atoms with van der Waals surface area (Å²) in [5, 5.41) is 0. The second kappa shape index (κ2) is 65.1. The van der Waals surface area contributed by atoms with Crippen LogP contribution in [-0.4, -0.2) is 37.2 Å². The van der Waals surface area contributed by atoms with E-state index in [0.717, 1.165) is 103 Å². The third-order valence-corrected chi connectivity index (χ3v) is 14.4. The monoisotopic (exact) mass is 1070 g/mol. The molecule has 0 heterocycles. The van der Waals surface area contributed by atoms with Gasteiger partial charge in [-0.15, -0.1) is 0 Å². The van der Waals surface area contributed by atoms with Crippen molar-refractivity contribution < 1.29 is 28.6 Å². The van der Waals surface area contributed by atoms with Gasteiger partial charge in [0.1, 0.15) is 13.2 Å². The van der Waals surface area contributed by atoms with Gasteiger partial charge in [0.25, 0.3) is 0 Å². The minimum Gasteiger partial charge on any atom is -0.462 e. The molecule has 444 valence electrons. The predicted molar refractivity (Wildman–Crippen MR) is 334 cm³/mol. The van der Waals surface area contributed by atoms with Gasteiger partial charge in [0.15, 0.2) is 6.10 Å². The molecule has 0 aliphatic carbocycles. The van der Waals surface area contributed by atoms with E-state index in [1.165, 1.54) is 186 Å². The van der Waals surface area contributed by atoms with Gasteiger partial charge >= 0.3 is 17.9 Å². The van der Waals surface area contributed by atoms with Crippen LogP contribution in [0.25, 0.3) is 0 Å². The van der Waals surface area contributed by atoms with Crippen LogP contribution in [0.1, 0.15) is 329 Å². The fraction of sp³-hybridized carbons (Fsp3) is 0.761. The van der Waals surface area contributed by atoms with Gasteiger partial charge in [0.05, 0.1) is 0 Å². The molecule has 6 heteroatoms. The molecule has 0 aliphatic heterocycles. The van der Waals surface area contributed by atoms with E-state index in [1.54, 1.807) is 0 Å². The first-order chi connectivity index (χ1) is 38.0. The van der Waals surface area contributed by atoms with Crippen LogP contribution in [0.15, 0.2) is 85.1 Å². The predicted octanol–water partition coefficient (Wildman–Crippen LogP) is 22.7. The van der Waals surface area contributed by atoms with Crippen molar-refractivity contribution in [2.45, 2.75) is 335 Å². The van der Waals surface area contributed by atoms with Crippen molar-refractivity contribution >= 4 is 17.9 Å². The molecule has 0 aromatic carbocycles. The zero-order valence-electron chi connectivity index (χ0n) is 51.0.